The summed E-state index contributed by atoms with van der Waals surface area (Å²) in [5.41, 5.74) is -1.36. The highest BCUT2D eigenvalue weighted by Crippen LogP contribution is 2.36. The van der Waals surface area contributed by atoms with Crippen LogP contribution < -0.4 is 5.32 Å². The van der Waals surface area contributed by atoms with E-state index in [2.05, 4.69) is 5.32 Å². The number of alkyl halides is 3. The second-order valence-corrected chi connectivity index (χ2v) is 4.22. The van der Waals surface area contributed by atoms with E-state index in [4.69, 9.17) is 21.1 Å². The molecule has 20 heavy (non-hydrogen) atoms. The second-order valence-electron chi connectivity index (χ2n) is 3.78. The van der Waals surface area contributed by atoms with Gasteiger partial charge in [0.25, 0.3) is 0 Å². The van der Waals surface area contributed by atoms with E-state index in [1.165, 1.54) is 13.2 Å². The van der Waals surface area contributed by atoms with Crippen molar-refractivity contribution in [3.63, 3.8) is 0 Å². The molecule has 4 nitrogen and oxygen atoms in total. The highest BCUT2D eigenvalue weighted by atomic mass is 35.5. The van der Waals surface area contributed by atoms with E-state index in [9.17, 15) is 18.0 Å². The summed E-state index contributed by atoms with van der Waals surface area (Å²) in [5.74, 6) is -0.686. The zero-order valence-electron chi connectivity index (χ0n) is 10.6. The molecule has 0 radical (unpaired) electrons. The van der Waals surface area contributed by atoms with Gasteiger partial charge in [-0.25, -0.2) is 0 Å². The summed E-state index contributed by atoms with van der Waals surface area (Å²) in [6, 6.07) is 3.11. The summed E-state index contributed by atoms with van der Waals surface area (Å²) < 4.78 is 47.9. The Balaban J connectivity index is 2.70. The Morgan fingerprint density at radius 2 is 2.05 bits per heavy atom. The van der Waals surface area contributed by atoms with E-state index in [-0.39, 0.29) is 23.9 Å². The molecule has 0 heterocycles. The van der Waals surface area contributed by atoms with Crippen LogP contribution in [0.25, 0.3) is 0 Å². The molecule has 0 saturated heterocycles. The number of nitrogens with one attached hydrogen (secondary N) is 1. The Morgan fingerprint density at radius 1 is 1.35 bits per heavy atom. The molecule has 0 unspecified atom stereocenters. The lowest BCUT2D eigenvalue weighted by molar-refractivity contribution is -0.137. The van der Waals surface area contributed by atoms with Crippen molar-refractivity contribution in [3.05, 3.63) is 28.8 Å². The predicted octanol–water partition coefficient (Wildman–Crippen LogP) is 2.96. The predicted molar refractivity (Wildman–Crippen MR) is 67.8 cm³/mol. The van der Waals surface area contributed by atoms with Crippen LogP contribution in [0.5, 0.6) is 0 Å². The average Bonchev–Trinajstić information content (AvgIpc) is 2.35. The molecule has 0 fully saturated rings. The smallest absolute Gasteiger partial charge is 0.382 e. The van der Waals surface area contributed by atoms with Crippen molar-refractivity contribution in [2.24, 2.45) is 0 Å². The van der Waals surface area contributed by atoms with Crippen LogP contribution in [-0.2, 0) is 20.4 Å². The number of methoxy groups -OCH3 is 1. The number of halogens is 4. The van der Waals surface area contributed by atoms with E-state index in [0.717, 1.165) is 12.1 Å². The molecule has 1 amide bonds. The van der Waals surface area contributed by atoms with Crippen molar-refractivity contribution >= 4 is 23.2 Å². The quantitative estimate of drug-likeness (QED) is 0.822. The molecule has 0 aliphatic carbocycles. The molecule has 112 valence electrons. The van der Waals surface area contributed by atoms with Crippen molar-refractivity contribution in [3.8, 4) is 0 Å². The third-order valence-corrected chi connectivity index (χ3v) is 2.46. The number of amides is 1. The Morgan fingerprint density at radius 3 is 2.65 bits per heavy atom. The highest BCUT2D eigenvalue weighted by molar-refractivity contribution is 6.30. The number of carbonyl (C=O) groups excluding carboxylic acids is 1. The summed E-state index contributed by atoms with van der Waals surface area (Å²) >= 11 is 5.53. The van der Waals surface area contributed by atoms with Gasteiger partial charge in [0.2, 0.25) is 5.91 Å². The van der Waals surface area contributed by atoms with Gasteiger partial charge in [0.05, 0.1) is 24.5 Å². The van der Waals surface area contributed by atoms with Crippen molar-refractivity contribution in [2.45, 2.75) is 6.18 Å². The van der Waals surface area contributed by atoms with Crippen molar-refractivity contribution in [1.82, 2.24) is 0 Å². The second kappa shape index (κ2) is 7.47. The molecule has 0 aliphatic rings. The molecule has 0 atom stereocenters. The fourth-order valence-corrected chi connectivity index (χ4v) is 1.53. The normalized spacial score (nSPS) is 11.4. The van der Waals surface area contributed by atoms with Crippen LogP contribution in [0.3, 0.4) is 0 Å². The molecule has 0 aliphatic heterocycles. The molecule has 1 aromatic rings. The van der Waals surface area contributed by atoms with Gasteiger partial charge in [0.15, 0.2) is 0 Å². The van der Waals surface area contributed by atoms with Gasteiger partial charge < -0.3 is 14.8 Å². The summed E-state index contributed by atoms with van der Waals surface area (Å²) in [6.45, 7) is 0.113. The average molecular weight is 312 g/mol. The first-order valence-electron chi connectivity index (χ1n) is 5.58. The van der Waals surface area contributed by atoms with Crippen LogP contribution >= 0.6 is 11.6 Å². The number of hydrogen-bond donors (Lipinski definition) is 1. The molecular weight excluding hydrogens is 299 g/mol. The van der Waals surface area contributed by atoms with Crippen LogP contribution in [0.1, 0.15) is 5.56 Å². The van der Waals surface area contributed by atoms with Crippen LogP contribution in [-0.4, -0.2) is 32.8 Å². The maximum atomic E-state index is 12.8. The van der Waals surface area contributed by atoms with Crippen molar-refractivity contribution in [2.75, 3.05) is 32.2 Å². The van der Waals surface area contributed by atoms with Gasteiger partial charge in [-0.15, -0.1) is 0 Å². The minimum Gasteiger partial charge on any atom is -0.382 e. The monoisotopic (exact) mass is 311 g/mol. The Hall–Kier alpha value is -1.31. The van der Waals surface area contributed by atoms with Crippen molar-refractivity contribution < 1.29 is 27.4 Å². The van der Waals surface area contributed by atoms with E-state index >= 15 is 0 Å². The number of ether oxygens (including phenoxy) is 2. The molecule has 0 bridgehead atoms. The van der Waals surface area contributed by atoms with Gasteiger partial charge in [-0.3, -0.25) is 4.79 Å². The summed E-state index contributed by atoms with van der Waals surface area (Å²) in [7, 11) is 1.47. The number of carbonyl (C=O) groups is 1. The number of benzene rings is 1. The molecule has 8 heteroatoms. The van der Waals surface area contributed by atoms with Gasteiger partial charge in [-0.05, 0) is 18.2 Å². The maximum Gasteiger partial charge on any atom is 0.418 e. The molecular formula is C12H13ClF3NO3. The Kier molecular flexibility index (Phi) is 6.25. The molecule has 1 N–H and O–H groups in total. The lowest BCUT2D eigenvalue weighted by Crippen LogP contribution is -2.21. The zero-order chi connectivity index (χ0) is 15.2. The SMILES string of the molecule is COCCOCC(=O)Nc1ccc(Cl)cc1C(F)(F)F. The lowest BCUT2D eigenvalue weighted by Gasteiger charge is -2.14. The van der Waals surface area contributed by atoms with E-state index in [0.29, 0.717) is 6.61 Å². The molecule has 1 rings (SSSR count). The molecule has 0 saturated carbocycles. The van der Waals surface area contributed by atoms with Gasteiger partial charge in [-0.2, -0.15) is 13.2 Å². The lowest BCUT2D eigenvalue weighted by atomic mass is 10.1. The van der Waals surface area contributed by atoms with E-state index < -0.39 is 17.6 Å². The summed E-state index contributed by atoms with van der Waals surface area (Å²) in [6.07, 6.45) is -4.61. The summed E-state index contributed by atoms with van der Waals surface area (Å²) in [4.78, 5) is 11.5. The fraction of sp³-hybridized carbons (Fsp3) is 0.417. The first-order valence-corrected chi connectivity index (χ1v) is 5.95. The van der Waals surface area contributed by atoms with Gasteiger partial charge in [0, 0.05) is 12.1 Å². The first-order chi connectivity index (χ1) is 9.34. The molecule has 1 aromatic carbocycles. The minimum absolute atomic E-state index is 0.0633. The number of anilines is 1. The van der Waals surface area contributed by atoms with Crippen LogP contribution in [0.2, 0.25) is 5.02 Å². The van der Waals surface area contributed by atoms with E-state index in [1.54, 1.807) is 0 Å². The molecule has 0 spiro atoms. The third kappa shape index (κ3) is 5.36. The first kappa shape index (κ1) is 16.7. The Labute approximate surface area is 118 Å². The number of rotatable bonds is 6. The van der Waals surface area contributed by atoms with Crippen molar-refractivity contribution in [1.29, 1.82) is 0 Å². The largest absolute Gasteiger partial charge is 0.418 e. The van der Waals surface area contributed by atoms with Gasteiger partial charge in [0.1, 0.15) is 6.61 Å². The van der Waals surface area contributed by atoms with Crippen LogP contribution in [0, 0.1) is 0 Å². The van der Waals surface area contributed by atoms with Gasteiger partial charge >= 0.3 is 6.18 Å². The number of hydrogen-bond acceptors (Lipinski definition) is 3. The fourth-order valence-electron chi connectivity index (χ4n) is 1.35. The standard InChI is InChI=1S/C12H13ClF3NO3/c1-19-4-5-20-7-11(18)17-10-3-2-8(13)6-9(10)12(14,15)16/h2-3,6H,4-5,7H2,1H3,(H,17,18). The van der Waals surface area contributed by atoms with Gasteiger partial charge in [-0.1, -0.05) is 11.6 Å². The highest BCUT2D eigenvalue weighted by Gasteiger charge is 2.34. The molecule has 0 aromatic heterocycles. The minimum atomic E-state index is -4.61. The maximum absolute atomic E-state index is 12.8. The van der Waals surface area contributed by atoms with Crippen LogP contribution in [0.15, 0.2) is 18.2 Å². The third-order valence-electron chi connectivity index (χ3n) is 2.23. The Bertz CT molecular complexity index is 466. The topological polar surface area (TPSA) is 47.6 Å². The van der Waals surface area contributed by atoms with Crippen LogP contribution in [0.4, 0.5) is 18.9 Å². The van der Waals surface area contributed by atoms with E-state index in [1.807, 2.05) is 0 Å². The zero-order valence-corrected chi connectivity index (χ0v) is 11.3. The summed E-state index contributed by atoms with van der Waals surface area (Å²) in [5, 5.41) is 2.07.